The highest BCUT2D eigenvalue weighted by Gasteiger charge is 2.26. The number of anilines is 1. The maximum absolute atomic E-state index is 12.9. The van der Waals surface area contributed by atoms with Crippen molar-refractivity contribution in [2.24, 2.45) is 0 Å². The first-order valence-electron chi connectivity index (χ1n) is 9.73. The third-order valence-corrected chi connectivity index (χ3v) is 6.40. The fourth-order valence-corrected chi connectivity index (χ4v) is 4.39. The zero-order chi connectivity index (χ0) is 23.4. The van der Waals surface area contributed by atoms with E-state index in [0.717, 1.165) is 4.47 Å². The normalized spacial score (nSPS) is 11.4. The quantitative estimate of drug-likeness (QED) is 0.345. The number of hydrogen-bond acceptors (Lipinski definition) is 8. The van der Waals surface area contributed by atoms with Crippen LogP contribution >= 0.6 is 15.9 Å². The number of halogens is 1. The summed E-state index contributed by atoms with van der Waals surface area (Å²) in [5, 5.41) is 8.24. The number of furan rings is 1. The Bertz CT molecular complexity index is 1320. The van der Waals surface area contributed by atoms with Crippen LogP contribution in [0.15, 0.2) is 63.8 Å². The summed E-state index contributed by atoms with van der Waals surface area (Å²) in [5.41, 5.74) is 1.07. The Kier molecular flexibility index (Phi) is 6.65. The average molecular weight is 534 g/mol. The highest BCUT2D eigenvalue weighted by molar-refractivity contribution is 9.10. The molecule has 0 atom stereocenters. The Labute approximate surface area is 198 Å². The molecule has 0 fully saturated rings. The van der Waals surface area contributed by atoms with Gasteiger partial charge in [-0.2, -0.15) is 0 Å². The molecule has 10 nitrogen and oxygen atoms in total. The first-order chi connectivity index (χ1) is 15.9. The van der Waals surface area contributed by atoms with Gasteiger partial charge in [0.1, 0.15) is 17.2 Å². The summed E-state index contributed by atoms with van der Waals surface area (Å²) in [6, 6.07) is 12.2. The van der Waals surface area contributed by atoms with Crippen LogP contribution in [0.3, 0.4) is 0 Å². The van der Waals surface area contributed by atoms with Gasteiger partial charge in [0.25, 0.3) is 0 Å². The van der Waals surface area contributed by atoms with Gasteiger partial charge in [0.05, 0.1) is 26.2 Å². The lowest BCUT2D eigenvalue weighted by Crippen LogP contribution is -2.21. The summed E-state index contributed by atoms with van der Waals surface area (Å²) in [7, 11) is -0.797. The second kappa shape index (κ2) is 9.63. The van der Waals surface area contributed by atoms with Gasteiger partial charge in [-0.05, 0) is 52.3 Å². The number of sulfonamides is 1. The third kappa shape index (κ3) is 5.01. The highest BCUT2D eigenvalue weighted by Crippen LogP contribution is 2.37. The molecule has 0 aliphatic heterocycles. The summed E-state index contributed by atoms with van der Waals surface area (Å²) in [6.45, 7) is 0. The maximum Gasteiger partial charge on any atom is 0.243 e. The standard InChI is InChI=1S/C21H20BrN5O5S/c1-30-16-5-3-6-17(31-2)19(16)27-20(18-7-4-11-32-18)24-25-21(27)26-33(28,29)12-10-15-9-8-14(22)13-23-15/h3-9,11,13H,10,12H2,1-2H3,(H,25,26). The van der Waals surface area contributed by atoms with Crippen LogP contribution in [0.4, 0.5) is 5.95 Å². The molecular formula is C21H20BrN5O5S. The first kappa shape index (κ1) is 22.8. The third-order valence-electron chi connectivity index (χ3n) is 4.69. The number of rotatable bonds is 9. The minimum atomic E-state index is -3.81. The van der Waals surface area contributed by atoms with E-state index in [2.05, 4.69) is 35.8 Å². The number of methoxy groups -OCH3 is 2. The molecule has 33 heavy (non-hydrogen) atoms. The number of pyridine rings is 1. The van der Waals surface area contributed by atoms with Crippen molar-refractivity contribution in [2.45, 2.75) is 6.42 Å². The number of nitrogens with one attached hydrogen (secondary N) is 1. The zero-order valence-corrected chi connectivity index (χ0v) is 20.1. The number of ether oxygens (including phenoxy) is 2. The van der Waals surface area contributed by atoms with Crippen LogP contribution in [0.5, 0.6) is 11.5 Å². The molecule has 0 aliphatic rings. The predicted molar refractivity (Wildman–Crippen MR) is 125 cm³/mol. The van der Waals surface area contributed by atoms with Gasteiger partial charge in [-0.1, -0.05) is 6.07 Å². The molecule has 0 saturated heterocycles. The first-order valence-corrected chi connectivity index (χ1v) is 12.2. The van der Waals surface area contributed by atoms with Gasteiger partial charge >= 0.3 is 0 Å². The molecule has 0 bridgehead atoms. The molecule has 3 heterocycles. The minimum absolute atomic E-state index is 0.0343. The summed E-state index contributed by atoms with van der Waals surface area (Å²) in [4.78, 5) is 4.22. The van der Waals surface area contributed by atoms with Gasteiger partial charge in [0.15, 0.2) is 5.76 Å². The van der Waals surface area contributed by atoms with Crippen LogP contribution in [-0.2, 0) is 16.4 Å². The van der Waals surface area contributed by atoms with Crippen molar-refractivity contribution in [3.8, 4) is 28.8 Å². The zero-order valence-electron chi connectivity index (χ0n) is 17.7. The minimum Gasteiger partial charge on any atom is -0.494 e. The fourth-order valence-electron chi connectivity index (χ4n) is 3.16. The van der Waals surface area contributed by atoms with Gasteiger partial charge in [0.2, 0.25) is 21.8 Å². The lowest BCUT2D eigenvalue weighted by Gasteiger charge is -2.17. The SMILES string of the molecule is COc1cccc(OC)c1-n1c(NS(=O)(=O)CCc2ccc(Br)cn2)nnc1-c1ccco1. The van der Waals surface area contributed by atoms with Gasteiger partial charge in [-0.15, -0.1) is 10.2 Å². The smallest absolute Gasteiger partial charge is 0.243 e. The van der Waals surface area contributed by atoms with Crippen molar-refractivity contribution in [1.29, 1.82) is 0 Å². The number of hydrogen-bond donors (Lipinski definition) is 1. The second-order valence-electron chi connectivity index (χ2n) is 6.81. The van der Waals surface area contributed by atoms with Crippen LogP contribution in [0, 0.1) is 0 Å². The number of para-hydroxylation sites is 1. The van der Waals surface area contributed by atoms with E-state index >= 15 is 0 Å². The van der Waals surface area contributed by atoms with Gasteiger partial charge in [-0.3, -0.25) is 14.3 Å². The van der Waals surface area contributed by atoms with E-state index in [-0.39, 0.29) is 23.9 Å². The molecule has 0 unspecified atom stereocenters. The van der Waals surface area contributed by atoms with E-state index in [9.17, 15) is 8.42 Å². The molecule has 4 rings (SSSR count). The molecule has 12 heteroatoms. The molecule has 0 radical (unpaired) electrons. The van der Waals surface area contributed by atoms with Crippen molar-refractivity contribution >= 4 is 31.9 Å². The lowest BCUT2D eigenvalue weighted by molar-refractivity contribution is 0.391. The van der Waals surface area contributed by atoms with Crippen LogP contribution in [0.25, 0.3) is 17.3 Å². The number of benzene rings is 1. The monoisotopic (exact) mass is 533 g/mol. The van der Waals surface area contributed by atoms with Crippen molar-refractivity contribution in [3.63, 3.8) is 0 Å². The van der Waals surface area contributed by atoms with Crippen LogP contribution in [0.1, 0.15) is 5.69 Å². The number of aryl methyl sites for hydroxylation is 1. The Balaban J connectivity index is 1.73. The number of nitrogens with zero attached hydrogens (tertiary/aromatic N) is 4. The van der Waals surface area contributed by atoms with E-state index in [1.54, 1.807) is 42.6 Å². The molecule has 0 spiro atoms. The molecule has 0 aliphatic carbocycles. The van der Waals surface area contributed by atoms with Gasteiger partial charge < -0.3 is 13.9 Å². The maximum atomic E-state index is 12.9. The van der Waals surface area contributed by atoms with Gasteiger partial charge in [-0.25, -0.2) is 8.42 Å². The molecule has 172 valence electrons. The van der Waals surface area contributed by atoms with Crippen molar-refractivity contribution < 1.29 is 22.3 Å². The molecule has 0 saturated carbocycles. The largest absolute Gasteiger partial charge is 0.494 e. The second-order valence-corrected chi connectivity index (χ2v) is 9.57. The van der Waals surface area contributed by atoms with E-state index < -0.39 is 10.0 Å². The van der Waals surface area contributed by atoms with Crippen molar-refractivity contribution in [2.75, 3.05) is 24.7 Å². The molecule has 3 aromatic heterocycles. The molecule has 1 aromatic carbocycles. The number of aromatic nitrogens is 4. The van der Waals surface area contributed by atoms with E-state index in [0.29, 0.717) is 28.6 Å². The predicted octanol–water partition coefficient (Wildman–Crippen LogP) is 3.69. The molecule has 0 amide bonds. The molecule has 4 aromatic rings. The summed E-state index contributed by atoms with van der Waals surface area (Å²) in [6.07, 6.45) is 3.33. The topological polar surface area (TPSA) is 121 Å². The Morgan fingerprint density at radius 2 is 1.82 bits per heavy atom. The van der Waals surface area contributed by atoms with E-state index in [1.165, 1.54) is 25.0 Å². The van der Waals surface area contributed by atoms with Crippen LogP contribution in [0.2, 0.25) is 0 Å². The van der Waals surface area contributed by atoms with Crippen LogP contribution in [-0.4, -0.2) is 48.1 Å². The van der Waals surface area contributed by atoms with Crippen molar-refractivity contribution in [3.05, 3.63) is 65.1 Å². The summed E-state index contributed by atoms with van der Waals surface area (Å²) in [5.74, 6) is 1.29. The Morgan fingerprint density at radius 3 is 2.42 bits per heavy atom. The lowest BCUT2D eigenvalue weighted by atomic mass is 10.2. The summed E-state index contributed by atoms with van der Waals surface area (Å²) >= 11 is 3.31. The molecular weight excluding hydrogens is 514 g/mol. The average Bonchev–Trinajstić information content (AvgIpc) is 3.48. The van der Waals surface area contributed by atoms with E-state index in [4.69, 9.17) is 13.9 Å². The highest BCUT2D eigenvalue weighted by atomic mass is 79.9. The summed E-state index contributed by atoms with van der Waals surface area (Å²) < 4.78 is 47.2. The van der Waals surface area contributed by atoms with Crippen LogP contribution < -0.4 is 14.2 Å². The van der Waals surface area contributed by atoms with Crippen molar-refractivity contribution in [1.82, 2.24) is 19.7 Å². The molecule has 1 N–H and O–H groups in total. The van der Waals surface area contributed by atoms with E-state index in [1.807, 2.05) is 6.07 Å². The fraction of sp³-hybridized carbons (Fsp3) is 0.190. The van der Waals surface area contributed by atoms with Gasteiger partial charge in [0, 0.05) is 22.8 Å². The Morgan fingerprint density at radius 1 is 1.06 bits per heavy atom. The Hall–Kier alpha value is -3.38.